The molecule has 2 aromatic carbocycles. The van der Waals surface area contributed by atoms with E-state index in [9.17, 15) is 31.5 Å². The number of carbonyl (C=O) groups is 1. The van der Waals surface area contributed by atoms with Crippen molar-refractivity contribution in [1.82, 2.24) is 9.29 Å². The summed E-state index contributed by atoms with van der Waals surface area (Å²) in [7, 11) is -2.69. The zero-order valence-corrected chi connectivity index (χ0v) is 23.8. The summed E-state index contributed by atoms with van der Waals surface area (Å²) in [4.78, 5) is 12.0. The maximum atomic E-state index is 12.6. The number of hydrogen-bond donors (Lipinski definition) is 2. The molecule has 12 heteroatoms. The van der Waals surface area contributed by atoms with Crippen LogP contribution in [-0.2, 0) is 40.6 Å². The summed E-state index contributed by atoms with van der Waals surface area (Å²) < 4.78 is 74.2. The van der Waals surface area contributed by atoms with Gasteiger partial charge in [-0.2, -0.15) is 21.6 Å². The van der Waals surface area contributed by atoms with Gasteiger partial charge in [-0.05, 0) is 72.6 Å². The number of fused-ring (bicyclic) bond motifs is 1. The minimum absolute atomic E-state index is 0.286. The van der Waals surface area contributed by atoms with Gasteiger partial charge in [0, 0.05) is 30.4 Å². The predicted octanol–water partition coefficient (Wildman–Crippen LogP) is 4.48. The maximum Gasteiger partial charge on any atom is 0.516 e. The van der Waals surface area contributed by atoms with Crippen LogP contribution in [0.2, 0.25) is 0 Å². The lowest BCUT2D eigenvalue weighted by molar-refractivity contribution is -0.119. The van der Waals surface area contributed by atoms with E-state index in [4.69, 9.17) is 9.47 Å². The minimum Gasteiger partial charge on any atom is -0.496 e. The van der Waals surface area contributed by atoms with E-state index in [2.05, 4.69) is 12.1 Å². The van der Waals surface area contributed by atoms with Crippen LogP contribution in [0, 0.1) is 18.8 Å². The second kappa shape index (κ2) is 12.2. The number of ether oxygens (including phenoxy) is 2. The van der Waals surface area contributed by atoms with Crippen LogP contribution < -0.4 is 14.2 Å². The molecule has 0 spiro atoms. The van der Waals surface area contributed by atoms with Crippen LogP contribution in [0.1, 0.15) is 40.3 Å². The van der Waals surface area contributed by atoms with Gasteiger partial charge >= 0.3 is 15.5 Å². The summed E-state index contributed by atoms with van der Waals surface area (Å²) in [6, 6.07) is 13.3. The zero-order chi connectivity index (χ0) is 29.9. The van der Waals surface area contributed by atoms with Gasteiger partial charge in [0.25, 0.3) is 0 Å². The van der Waals surface area contributed by atoms with Crippen LogP contribution in [0.4, 0.5) is 13.2 Å². The molecule has 0 fully saturated rings. The van der Waals surface area contributed by atoms with Crippen molar-refractivity contribution in [1.29, 1.82) is 0 Å². The molecule has 3 aromatic rings. The average Bonchev–Trinajstić information content (AvgIpc) is 3.52. The number of benzene rings is 2. The van der Waals surface area contributed by atoms with E-state index in [1.807, 2.05) is 19.1 Å². The number of aliphatic hydroxyl groups is 1. The fraction of sp³-hybridized carbons (Fsp3) is 0.414. The molecule has 0 saturated carbocycles. The third kappa shape index (κ3) is 7.05. The van der Waals surface area contributed by atoms with Crippen LogP contribution in [-0.4, -0.2) is 43.7 Å². The lowest BCUT2D eigenvalue weighted by atomic mass is 9.85. The summed E-state index contributed by atoms with van der Waals surface area (Å²) in [6.45, 7) is 2.20. The molecular formula is C29H33F3N2O6S. The van der Waals surface area contributed by atoms with Crippen molar-refractivity contribution in [3.05, 3.63) is 82.7 Å². The van der Waals surface area contributed by atoms with E-state index in [1.54, 1.807) is 43.3 Å². The molecule has 4 rings (SSSR count). The third-order valence-corrected chi connectivity index (χ3v) is 8.61. The summed E-state index contributed by atoms with van der Waals surface area (Å²) in [5, 5.41) is 11.6. The first kappa shape index (κ1) is 30.4. The number of aliphatic hydroxyl groups excluding tert-OH is 1. The van der Waals surface area contributed by atoms with Gasteiger partial charge in [-0.15, -0.1) is 0 Å². The molecule has 0 radical (unpaired) electrons. The van der Waals surface area contributed by atoms with E-state index >= 15 is 0 Å². The summed E-state index contributed by atoms with van der Waals surface area (Å²) in [5.74, 6) is -0.137. The highest BCUT2D eigenvalue weighted by molar-refractivity contribution is 7.90. The molecule has 1 aromatic heterocycles. The van der Waals surface area contributed by atoms with Gasteiger partial charge in [-0.1, -0.05) is 24.3 Å². The molecule has 0 aliphatic heterocycles. The normalized spacial score (nSPS) is 15.3. The smallest absolute Gasteiger partial charge is 0.496 e. The molecule has 0 bridgehead atoms. The van der Waals surface area contributed by atoms with Gasteiger partial charge in [-0.25, -0.2) is 4.72 Å². The Morgan fingerprint density at radius 1 is 1.10 bits per heavy atom. The van der Waals surface area contributed by atoms with Crippen molar-refractivity contribution < 1.29 is 41.0 Å². The second-order valence-corrected chi connectivity index (χ2v) is 12.1. The molecule has 0 unspecified atom stereocenters. The molecule has 0 saturated heterocycles. The molecule has 1 aliphatic carbocycles. The van der Waals surface area contributed by atoms with Crippen LogP contribution in [0.3, 0.4) is 0 Å². The topological polar surface area (TPSA) is 107 Å². The molecule has 41 heavy (non-hydrogen) atoms. The van der Waals surface area contributed by atoms with Crippen molar-refractivity contribution in [3.63, 3.8) is 0 Å². The maximum absolute atomic E-state index is 12.6. The molecule has 8 nitrogen and oxygen atoms in total. The third-order valence-electron chi connectivity index (χ3n) is 7.51. The van der Waals surface area contributed by atoms with Crippen molar-refractivity contribution in [2.75, 3.05) is 14.2 Å². The number of sulfonamides is 1. The Balaban J connectivity index is 1.55. The first-order chi connectivity index (χ1) is 19.3. The largest absolute Gasteiger partial charge is 0.516 e. The highest BCUT2D eigenvalue weighted by Crippen LogP contribution is 2.39. The first-order valence-electron chi connectivity index (χ1n) is 13.0. The average molecular weight is 595 g/mol. The Bertz CT molecular complexity index is 1450. The molecule has 1 heterocycles. The Hall–Kier alpha value is -3.51. The summed E-state index contributed by atoms with van der Waals surface area (Å²) >= 11 is 0. The van der Waals surface area contributed by atoms with E-state index in [0.717, 1.165) is 23.1 Å². The van der Waals surface area contributed by atoms with E-state index in [0.29, 0.717) is 35.6 Å². The Kier molecular flexibility index (Phi) is 9.03. The second-order valence-electron chi connectivity index (χ2n) is 10.4. The van der Waals surface area contributed by atoms with E-state index in [-0.39, 0.29) is 11.8 Å². The standard InChI is InChI=1S/C29H33F3N2O6S/c1-18-25(39-2)14-23(15-26(18)40-3)28(36)24(12-20-10-21-6-4-5-7-22(21)11-20)17-34-9-8-19(16-34)13-27(35)33-41(37,38)29(30,31)32/h4-9,14-16,20,24,28,36H,10-13,17H2,1-3H3,(H,33,35)/t24-,28+/m0/s1. The number of rotatable bonds is 11. The van der Waals surface area contributed by atoms with Crippen molar-refractivity contribution in [2.24, 2.45) is 11.8 Å². The van der Waals surface area contributed by atoms with Gasteiger partial charge in [0.05, 0.1) is 26.7 Å². The SMILES string of the molecule is COc1cc([C@@H](O)[C@@H](CC2Cc3ccccc3C2)Cn2ccc(CC(=O)NS(=O)(=O)C(F)(F)F)c2)cc(OC)c1C. The first-order valence-corrected chi connectivity index (χ1v) is 14.5. The summed E-state index contributed by atoms with van der Waals surface area (Å²) in [5.41, 5.74) is -1.26. The molecular weight excluding hydrogens is 561 g/mol. The fourth-order valence-corrected chi connectivity index (χ4v) is 5.99. The Morgan fingerprint density at radius 3 is 2.22 bits per heavy atom. The highest BCUT2D eigenvalue weighted by Gasteiger charge is 2.47. The molecule has 2 atom stereocenters. The lowest BCUT2D eigenvalue weighted by Crippen LogP contribution is -2.40. The van der Waals surface area contributed by atoms with Gasteiger partial charge < -0.3 is 19.1 Å². The lowest BCUT2D eigenvalue weighted by Gasteiger charge is -2.27. The van der Waals surface area contributed by atoms with Crippen molar-refractivity contribution >= 4 is 15.9 Å². The number of nitrogens with one attached hydrogen (secondary N) is 1. The summed E-state index contributed by atoms with van der Waals surface area (Å²) in [6.07, 6.45) is 4.19. The number of methoxy groups -OCH3 is 2. The monoisotopic (exact) mass is 594 g/mol. The molecule has 1 aliphatic rings. The Labute approximate surface area is 237 Å². The van der Waals surface area contributed by atoms with Crippen molar-refractivity contribution in [3.8, 4) is 11.5 Å². The van der Waals surface area contributed by atoms with E-state index < -0.39 is 34.0 Å². The number of halogens is 3. The van der Waals surface area contributed by atoms with Gasteiger partial charge in [-0.3, -0.25) is 4.79 Å². The number of carbonyl (C=O) groups excluding carboxylic acids is 1. The van der Waals surface area contributed by atoms with Gasteiger partial charge in [0.15, 0.2) is 0 Å². The molecule has 222 valence electrons. The minimum atomic E-state index is -5.78. The van der Waals surface area contributed by atoms with Crippen LogP contribution in [0.5, 0.6) is 11.5 Å². The van der Waals surface area contributed by atoms with Crippen LogP contribution in [0.15, 0.2) is 54.9 Å². The number of amides is 1. The number of nitrogens with zero attached hydrogens (tertiary/aromatic N) is 1. The molecule has 2 N–H and O–H groups in total. The molecule has 1 amide bonds. The van der Waals surface area contributed by atoms with Crippen LogP contribution >= 0.6 is 0 Å². The fourth-order valence-electron chi connectivity index (χ4n) is 5.51. The number of hydrogen-bond acceptors (Lipinski definition) is 6. The van der Waals surface area contributed by atoms with E-state index in [1.165, 1.54) is 17.2 Å². The predicted molar refractivity (Wildman–Crippen MR) is 146 cm³/mol. The highest BCUT2D eigenvalue weighted by atomic mass is 32.2. The number of alkyl halides is 3. The van der Waals surface area contributed by atoms with Gasteiger partial charge in [0.1, 0.15) is 11.5 Å². The van der Waals surface area contributed by atoms with Crippen molar-refractivity contribution in [2.45, 2.75) is 50.8 Å². The Morgan fingerprint density at radius 2 is 1.68 bits per heavy atom. The van der Waals surface area contributed by atoms with Gasteiger partial charge in [0.2, 0.25) is 5.91 Å². The van der Waals surface area contributed by atoms with Crippen LogP contribution in [0.25, 0.3) is 0 Å². The zero-order valence-electron chi connectivity index (χ0n) is 22.9. The quantitative estimate of drug-likeness (QED) is 0.339. The number of aromatic nitrogens is 1.